The van der Waals surface area contributed by atoms with E-state index in [1.54, 1.807) is 0 Å². The van der Waals surface area contributed by atoms with E-state index in [9.17, 15) is 5.11 Å². The number of hydrogen-bond donors (Lipinski definition) is 1. The van der Waals surface area contributed by atoms with E-state index in [0.29, 0.717) is 5.92 Å². The van der Waals surface area contributed by atoms with Crippen molar-refractivity contribution in [1.82, 2.24) is 0 Å². The number of aliphatic hydroxyl groups excluding tert-OH is 1. The van der Waals surface area contributed by atoms with E-state index in [0.717, 1.165) is 29.0 Å². The Labute approximate surface area is 89.7 Å². The number of aryl methyl sites for hydroxylation is 1. The predicted molar refractivity (Wildman–Crippen MR) is 58.5 cm³/mol. The van der Waals surface area contributed by atoms with E-state index in [-0.39, 0.29) is 6.10 Å². The van der Waals surface area contributed by atoms with E-state index >= 15 is 0 Å². The molecule has 0 aromatic heterocycles. The second-order valence-electron chi connectivity index (χ2n) is 4.14. The van der Waals surface area contributed by atoms with Gasteiger partial charge >= 0.3 is 0 Å². The highest BCUT2D eigenvalue weighted by molar-refractivity contribution is 6.31. The van der Waals surface area contributed by atoms with Crippen LogP contribution in [-0.4, -0.2) is 5.11 Å². The summed E-state index contributed by atoms with van der Waals surface area (Å²) in [5, 5.41) is 10.8. The molecule has 1 aliphatic rings. The Morgan fingerprint density at radius 3 is 2.64 bits per heavy atom. The van der Waals surface area contributed by atoms with Crippen molar-refractivity contribution < 1.29 is 5.11 Å². The molecule has 1 N–H and O–H groups in total. The highest BCUT2D eigenvalue weighted by Gasteiger charge is 2.26. The molecule has 2 heteroatoms. The maximum atomic E-state index is 10.0. The Hall–Kier alpha value is -0.530. The monoisotopic (exact) mass is 210 g/mol. The Kier molecular flexibility index (Phi) is 2.80. The van der Waals surface area contributed by atoms with E-state index in [2.05, 4.69) is 0 Å². The predicted octanol–water partition coefficient (Wildman–Crippen LogP) is 3.48. The second-order valence-corrected chi connectivity index (χ2v) is 4.55. The van der Waals surface area contributed by atoms with E-state index in [1.807, 2.05) is 25.1 Å². The van der Waals surface area contributed by atoms with E-state index in [4.69, 9.17) is 11.6 Å². The minimum absolute atomic E-state index is 0.292. The first-order valence-electron chi connectivity index (χ1n) is 5.12. The summed E-state index contributed by atoms with van der Waals surface area (Å²) in [5.41, 5.74) is 2.05. The number of rotatable bonds is 2. The van der Waals surface area contributed by atoms with Gasteiger partial charge in [0.1, 0.15) is 0 Å². The Bertz CT molecular complexity index is 331. The third-order valence-corrected chi connectivity index (χ3v) is 3.54. The van der Waals surface area contributed by atoms with Crippen LogP contribution in [0.3, 0.4) is 0 Å². The number of halogens is 1. The molecule has 0 spiro atoms. The van der Waals surface area contributed by atoms with Crippen LogP contribution in [0.1, 0.15) is 36.5 Å². The van der Waals surface area contributed by atoms with Gasteiger partial charge in [-0.3, -0.25) is 0 Å². The maximum absolute atomic E-state index is 10.0. The van der Waals surface area contributed by atoms with Gasteiger partial charge in [-0.15, -0.1) is 0 Å². The third-order valence-electron chi connectivity index (χ3n) is 3.12. The van der Waals surface area contributed by atoms with Crippen LogP contribution in [-0.2, 0) is 0 Å². The first-order chi connectivity index (χ1) is 6.68. The second kappa shape index (κ2) is 3.92. The number of benzene rings is 1. The van der Waals surface area contributed by atoms with Crippen LogP contribution >= 0.6 is 11.6 Å². The summed E-state index contributed by atoms with van der Waals surface area (Å²) in [5.74, 6) is 0.468. The van der Waals surface area contributed by atoms with Crippen molar-refractivity contribution in [3.63, 3.8) is 0 Å². The van der Waals surface area contributed by atoms with E-state index < -0.39 is 0 Å². The van der Waals surface area contributed by atoms with Crippen molar-refractivity contribution >= 4 is 11.6 Å². The standard InChI is InChI=1S/C12H15ClO/c1-8-7-10(5-6-11(8)13)12(14)9-3-2-4-9/h5-7,9,12,14H,2-4H2,1H3. The summed E-state index contributed by atoms with van der Waals surface area (Å²) in [6, 6.07) is 5.79. The molecule has 0 bridgehead atoms. The quantitative estimate of drug-likeness (QED) is 0.793. The molecule has 0 saturated heterocycles. The first kappa shape index (κ1) is 10.0. The fourth-order valence-electron chi connectivity index (χ4n) is 1.88. The molecule has 0 aliphatic heterocycles. The summed E-state index contributed by atoms with van der Waals surface area (Å²) in [6.07, 6.45) is 3.28. The van der Waals surface area contributed by atoms with Gasteiger partial charge in [0.25, 0.3) is 0 Å². The molecule has 0 heterocycles. The molecule has 1 aromatic carbocycles. The molecular weight excluding hydrogens is 196 g/mol. The number of aliphatic hydroxyl groups is 1. The Balaban J connectivity index is 2.18. The molecule has 14 heavy (non-hydrogen) atoms. The molecular formula is C12H15ClO. The maximum Gasteiger partial charge on any atom is 0.0818 e. The van der Waals surface area contributed by atoms with Gasteiger partial charge in [-0.05, 0) is 42.9 Å². The summed E-state index contributed by atoms with van der Waals surface area (Å²) in [7, 11) is 0. The molecule has 1 saturated carbocycles. The molecule has 1 unspecified atom stereocenters. The van der Waals surface area contributed by atoms with Gasteiger partial charge in [-0.2, -0.15) is 0 Å². The van der Waals surface area contributed by atoms with Crippen molar-refractivity contribution in [1.29, 1.82) is 0 Å². The fourth-order valence-corrected chi connectivity index (χ4v) is 2.00. The molecule has 2 rings (SSSR count). The molecule has 1 aromatic rings. The van der Waals surface area contributed by atoms with Crippen LogP contribution in [0.15, 0.2) is 18.2 Å². The first-order valence-corrected chi connectivity index (χ1v) is 5.50. The summed E-state index contributed by atoms with van der Waals surface area (Å²) >= 11 is 5.93. The van der Waals surface area contributed by atoms with Gasteiger partial charge in [-0.25, -0.2) is 0 Å². The number of hydrogen-bond acceptors (Lipinski definition) is 1. The zero-order valence-electron chi connectivity index (χ0n) is 8.33. The Morgan fingerprint density at radius 2 is 2.14 bits per heavy atom. The van der Waals surface area contributed by atoms with Gasteiger partial charge in [0.05, 0.1) is 6.10 Å². The van der Waals surface area contributed by atoms with Crippen molar-refractivity contribution in [2.75, 3.05) is 0 Å². The molecule has 0 amide bonds. The highest BCUT2D eigenvalue weighted by Crippen LogP contribution is 2.38. The highest BCUT2D eigenvalue weighted by atomic mass is 35.5. The lowest BCUT2D eigenvalue weighted by atomic mass is 9.78. The normalized spacial score (nSPS) is 19.1. The molecule has 1 nitrogen and oxygen atoms in total. The lowest BCUT2D eigenvalue weighted by Gasteiger charge is -2.30. The van der Waals surface area contributed by atoms with Gasteiger partial charge < -0.3 is 5.11 Å². The molecule has 1 atom stereocenters. The van der Waals surface area contributed by atoms with Crippen molar-refractivity contribution in [3.8, 4) is 0 Å². The zero-order chi connectivity index (χ0) is 10.1. The summed E-state index contributed by atoms with van der Waals surface area (Å²) < 4.78 is 0. The average Bonchev–Trinajstić information content (AvgIpc) is 2.06. The lowest BCUT2D eigenvalue weighted by Crippen LogP contribution is -2.19. The largest absolute Gasteiger partial charge is 0.388 e. The molecule has 1 fully saturated rings. The van der Waals surface area contributed by atoms with Crippen LogP contribution in [0.4, 0.5) is 0 Å². The van der Waals surface area contributed by atoms with Crippen LogP contribution < -0.4 is 0 Å². The zero-order valence-corrected chi connectivity index (χ0v) is 9.09. The Morgan fingerprint density at radius 1 is 1.43 bits per heavy atom. The lowest BCUT2D eigenvalue weighted by molar-refractivity contribution is 0.0620. The van der Waals surface area contributed by atoms with Crippen molar-refractivity contribution in [2.45, 2.75) is 32.3 Å². The fraction of sp³-hybridized carbons (Fsp3) is 0.500. The molecule has 76 valence electrons. The molecule has 0 radical (unpaired) electrons. The average molecular weight is 211 g/mol. The SMILES string of the molecule is Cc1cc(C(O)C2CCC2)ccc1Cl. The van der Waals surface area contributed by atoms with Crippen molar-refractivity contribution in [2.24, 2.45) is 5.92 Å². The topological polar surface area (TPSA) is 20.2 Å². The van der Waals surface area contributed by atoms with Gasteiger partial charge in [0.2, 0.25) is 0 Å². The summed E-state index contributed by atoms with van der Waals surface area (Å²) in [4.78, 5) is 0. The minimum Gasteiger partial charge on any atom is -0.388 e. The van der Waals surface area contributed by atoms with Crippen molar-refractivity contribution in [3.05, 3.63) is 34.3 Å². The molecule has 1 aliphatic carbocycles. The minimum atomic E-state index is -0.292. The van der Waals surface area contributed by atoms with Crippen LogP contribution in [0, 0.1) is 12.8 Å². The third kappa shape index (κ3) is 1.79. The smallest absolute Gasteiger partial charge is 0.0818 e. The van der Waals surface area contributed by atoms with Gasteiger partial charge in [0.15, 0.2) is 0 Å². The van der Waals surface area contributed by atoms with Gasteiger partial charge in [-0.1, -0.05) is 30.2 Å². The van der Waals surface area contributed by atoms with Crippen LogP contribution in [0.2, 0.25) is 5.02 Å². The summed E-state index contributed by atoms with van der Waals surface area (Å²) in [6.45, 7) is 1.97. The van der Waals surface area contributed by atoms with E-state index in [1.165, 1.54) is 6.42 Å². The van der Waals surface area contributed by atoms with Crippen LogP contribution in [0.25, 0.3) is 0 Å². The van der Waals surface area contributed by atoms with Gasteiger partial charge in [0, 0.05) is 5.02 Å². The van der Waals surface area contributed by atoms with Crippen LogP contribution in [0.5, 0.6) is 0 Å².